The van der Waals surface area contributed by atoms with E-state index in [1.54, 1.807) is 0 Å². The van der Waals surface area contributed by atoms with Gasteiger partial charge in [-0.05, 0) is 6.42 Å². The van der Waals surface area contributed by atoms with Crippen molar-refractivity contribution in [2.75, 3.05) is 7.11 Å². The highest BCUT2D eigenvalue weighted by atomic mass is 32.1. The van der Waals surface area contributed by atoms with Gasteiger partial charge in [-0.25, -0.2) is 0 Å². The number of unbranched alkanes of at least 4 members (excludes halogenated alkanes) is 8. The third-order valence-corrected chi connectivity index (χ3v) is 3.52. The van der Waals surface area contributed by atoms with Gasteiger partial charge in [-0.2, -0.15) is 12.6 Å². The second kappa shape index (κ2) is 12.3. The highest BCUT2D eigenvalue weighted by Gasteiger charge is 2.12. The van der Waals surface area contributed by atoms with Crippen molar-refractivity contribution in [3.63, 3.8) is 0 Å². The van der Waals surface area contributed by atoms with Crippen molar-refractivity contribution in [1.82, 2.24) is 0 Å². The molecule has 2 nitrogen and oxygen atoms in total. The average Bonchev–Trinajstić information content (AvgIpc) is 2.35. The number of esters is 1. The van der Waals surface area contributed by atoms with E-state index in [2.05, 4.69) is 24.3 Å². The zero-order valence-corrected chi connectivity index (χ0v) is 12.3. The van der Waals surface area contributed by atoms with Crippen LogP contribution in [0.2, 0.25) is 0 Å². The first-order valence-electron chi connectivity index (χ1n) is 6.98. The van der Waals surface area contributed by atoms with Crippen LogP contribution in [0, 0.1) is 0 Å². The maximum Gasteiger partial charge on any atom is 0.318 e. The molecule has 0 fully saturated rings. The Balaban J connectivity index is 3.15. The van der Waals surface area contributed by atoms with Crippen molar-refractivity contribution in [2.24, 2.45) is 0 Å². The molecule has 1 unspecified atom stereocenters. The van der Waals surface area contributed by atoms with E-state index in [0.29, 0.717) is 0 Å². The van der Waals surface area contributed by atoms with Crippen LogP contribution in [-0.4, -0.2) is 18.3 Å². The number of methoxy groups -OCH3 is 1. The molecule has 0 aliphatic carbocycles. The summed E-state index contributed by atoms with van der Waals surface area (Å²) < 4.78 is 4.63. The summed E-state index contributed by atoms with van der Waals surface area (Å²) >= 11 is 4.21. The van der Waals surface area contributed by atoms with Gasteiger partial charge in [-0.15, -0.1) is 0 Å². The summed E-state index contributed by atoms with van der Waals surface area (Å²) in [5.74, 6) is -0.201. The van der Waals surface area contributed by atoms with Gasteiger partial charge in [0.05, 0.1) is 12.4 Å². The SMILES string of the molecule is CCCCCCCCCCCC(S)C(=O)OC. The number of hydrogen-bond acceptors (Lipinski definition) is 3. The summed E-state index contributed by atoms with van der Waals surface area (Å²) in [6, 6.07) is 0. The van der Waals surface area contributed by atoms with Gasteiger partial charge in [-0.1, -0.05) is 64.7 Å². The van der Waals surface area contributed by atoms with E-state index in [1.807, 2.05) is 0 Å². The first kappa shape index (κ1) is 16.8. The Morgan fingerprint density at radius 3 is 1.94 bits per heavy atom. The zero-order valence-electron chi connectivity index (χ0n) is 11.4. The summed E-state index contributed by atoms with van der Waals surface area (Å²) in [4.78, 5) is 11.1. The average molecular weight is 260 g/mol. The summed E-state index contributed by atoms with van der Waals surface area (Å²) in [6.45, 7) is 2.25. The van der Waals surface area contributed by atoms with E-state index < -0.39 is 0 Å². The van der Waals surface area contributed by atoms with Crippen LogP contribution in [0.3, 0.4) is 0 Å². The predicted molar refractivity (Wildman–Crippen MR) is 76.6 cm³/mol. The Labute approximate surface area is 112 Å². The van der Waals surface area contributed by atoms with Gasteiger partial charge in [0, 0.05) is 0 Å². The molecular formula is C14H28O2S. The lowest BCUT2D eigenvalue weighted by Gasteiger charge is -2.07. The second-order valence-corrected chi connectivity index (χ2v) is 5.28. The molecule has 0 aromatic carbocycles. The van der Waals surface area contributed by atoms with Crippen molar-refractivity contribution in [3.05, 3.63) is 0 Å². The molecule has 0 radical (unpaired) electrons. The van der Waals surface area contributed by atoms with E-state index in [1.165, 1.54) is 58.5 Å². The molecule has 0 spiro atoms. The predicted octanol–water partition coefficient (Wildman–Crippen LogP) is 4.38. The molecule has 0 saturated carbocycles. The number of carbonyl (C=O) groups excluding carboxylic acids is 1. The molecule has 0 rings (SSSR count). The van der Waals surface area contributed by atoms with E-state index in [9.17, 15) is 4.79 Å². The van der Waals surface area contributed by atoms with Gasteiger partial charge in [0.15, 0.2) is 0 Å². The molecule has 0 aromatic rings. The minimum absolute atomic E-state index is 0.201. The monoisotopic (exact) mass is 260 g/mol. The van der Waals surface area contributed by atoms with E-state index in [-0.39, 0.29) is 11.2 Å². The lowest BCUT2D eigenvalue weighted by molar-refractivity contribution is -0.140. The summed E-state index contributed by atoms with van der Waals surface area (Å²) in [7, 11) is 1.42. The third kappa shape index (κ3) is 10.7. The van der Waals surface area contributed by atoms with Gasteiger partial charge >= 0.3 is 5.97 Å². The van der Waals surface area contributed by atoms with Crippen LogP contribution in [0.4, 0.5) is 0 Å². The highest BCUT2D eigenvalue weighted by molar-refractivity contribution is 7.81. The Hall–Kier alpha value is -0.180. The highest BCUT2D eigenvalue weighted by Crippen LogP contribution is 2.13. The summed E-state index contributed by atoms with van der Waals surface area (Å²) in [5, 5.41) is -0.232. The van der Waals surface area contributed by atoms with Crippen molar-refractivity contribution in [3.8, 4) is 0 Å². The number of rotatable bonds is 11. The first-order valence-corrected chi connectivity index (χ1v) is 7.50. The van der Waals surface area contributed by atoms with E-state index >= 15 is 0 Å². The first-order chi connectivity index (χ1) is 8.22. The molecule has 0 aliphatic heterocycles. The van der Waals surface area contributed by atoms with E-state index in [0.717, 1.165) is 12.8 Å². The minimum Gasteiger partial charge on any atom is -0.468 e. The van der Waals surface area contributed by atoms with Crippen molar-refractivity contribution in [2.45, 2.75) is 76.4 Å². The van der Waals surface area contributed by atoms with Crippen molar-refractivity contribution >= 4 is 18.6 Å². The van der Waals surface area contributed by atoms with Crippen LogP contribution in [0.5, 0.6) is 0 Å². The maximum atomic E-state index is 11.1. The molecule has 3 heteroatoms. The minimum atomic E-state index is -0.232. The van der Waals surface area contributed by atoms with Crippen LogP contribution in [0.1, 0.15) is 71.1 Å². The van der Waals surface area contributed by atoms with Gasteiger partial charge in [-0.3, -0.25) is 4.79 Å². The molecule has 0 aromatic heterocycles. The standard InChI is InChI=1S/C14H28O2S/c1-3-4-5-6-7-8-9-10-11-12-13(17)14(15)16-2/h13,17H,3-12H2,1-2H3. The maximum absolute atomic E-state index is 11.1. The molecule has 17 heavy (non-hydrogen) atoms. The number of carbonyl (C=O) groups is 1. The van der Waals surface area contributed by atoms with Crippen molar-refractivity contribution < 1.29 is 9.53 Å². The largest absolute Gasteiger partial charge is 0.468 e. The normalized spacial score (nSPS) is 12.4. The smallest absolute Gasteiger partial charge is 0.318 e. The Kier molecular flexibility index (Phi) is 12.2. The molecule has 1 atom stereocenters. The topological polar surface area (TPSA) is 26.3 Å². The Morgan fingerprint density at radius 2 is 1.47 bits per heavy atom. The number of thiol groups is 1. The Morgan fingerprint density at radius 1 is 1.00 bits per heavy atom. The molecule has 0 amide bonds. The van der Waals surface area contributed by atoms with Gasteiger partial charge in [0.1, 0.15) is 0 Å². The molecule has 0 aliphatic rings. The van der Waals surface area contributed by atoms with Crippen LogP contribution in [-0.2, 0) is 9.53 Å². The van der Waals surface area contributed by atoms with Crippen molar-refractivity contribution in [1.29, 1.82) is 0 Å². The van der Waals surface area contributed by atoms with Crippen LogP contribution in [0.25, 0.3) is 0 Å². The van der Waals surface area contributed by atoms with Crippen LogP contribution in [0.15, 0.2) is 0 Å². The molecule has 0 heterocycles. The fraction of sp³-hybridized carbons (Fsp3) is 0.929. The lowest BCUT2D eigenvalue weighted by atomic mass is 10.1. The summed E-state index contributed by atoms with van der Waals surface area (Å²) in [5.41, 5.74) is 0. The zero-order chi connectivity index (χ0) is 12.9. The molecular weight excluding hydrogens is 232 g/mol. The second-order valence-electron chi connectivity index (χ2n) is 4.66. The summed E-state index contributed by atoms with van der Waals surface area (Å²) in [6.07, 6.45) is 12.6. The van der Waals surface area contributed by atoms with Gasteiger partial charge in [0.2, 0.25) is 0 Å². The number of hydrogen-bond donors (Lipinski definition) is 1. The Bertz CT molecular complexity index is 183. The fourth-order valence-electron chi connectivity index (χ4n) is 1.90. The molecule has 0 N–H and O–H groups in total. The fourth-order valence-corrected chi connectivity index (χ4v) is 2.19. The quantitative estimate of drug-likeness (QED) is 0.339. The van der Waals surface area contributed by atoms with E-state index in [4.69, 9.17) is 0 Å². The molecule has 102 valence electrons. The third-order valence-electron chi connectivity index (χ3n) is 3.05. The molecule has 0 saturated heterocycles. The van der Waals surface area contributed by atoms with Crippen LogP contribution < -0.4 is 0 Å². The number of ether oxygens (including phenoxy) is 1. The lowest BCUT2D eigenvalue weighted by Crippen LogP contribution is -2.15. The van der Waals surface area contributed by atoms with Gasteiger partial charge < -0.3 is 4.74 Å². The van der Waals surface area contributed by atoms with Gasteiger partial charge in [0.25, 0.3) is 0 Å². The molecule has 0 bridgehead atoms. The van der Waals surface area contributed by atoms with Crippen LogP contribution >= 0.6 is 12.6 Å².